The van der Waals surface area contributed by atoms with E-state index in [4.69, 9.17) is 5.11 Å². The summed E-state index contributed by atoms with van der Waals surface area (Å²) in [5.41, 5.74) is 0. The predicted molar refractivity (Wildman–Crippen MR) is 69.0 cm³/mol. The third-order valence-electron chi connectivity index (χ3n) is 1.18. The molecule has 1 unspecified atom stereocenters. The summed E-state index contributed by atoms with van der Waals surface area (Å²) >= 11 is 7.19. The quantitative estimate of drug-likeness (QED) is 0.515. The molecule has 0 rings (SSSR count). The lowest BCUT2D eigenvalue weighted by Crippen LogP contribution is -2.27. The Bertz CT molecular complexity index is 194. The van der Waals surface area contributed by atoms with Gasteiger partial charge < -0.3 is 5.11 Å². The second-order valence-corrected chi connectivity index (χ2v) is 6.71. The molecule has 0 aliphatic heterocycles. The predicted octanol–water partition coefficient (Wildman–Crippen LogP) is 3.77. The molecule has 0 aromatic rings. The average molecular weight is 460 g/mol. The van der Waals surface area contributed by atoms with Gasteiger partial charge in [0.15, 0.2) is 0 Å². The van der Waals surface area contributed by atoms with Gasteiger partial charge in [0.05, 0.1) is 25.4 Å². The van der Waals surface area contributed by atoms with E-state index >= 15 is 0 Å². The van der Waals surface area contributed by atoms with Gasteiger partial charge in [-0.3, -0.25) is 0 Å². The maximum atomic E-state index is 10.5. The zero-order chi connectivity index (χ0) is 9.72. The summed E-state index contributed by atoms with van der Waals surface area (Å²) in [6.07, 6.45) is 1.76. The molecule has 0 bridgehead atoms. The van der Waals surface area contributed by atoms with Crippen LogP contribution < -0.4 is 0 Å². The number of amides is 1. The molecular weight excluding hydrogens is 452 g/mol. The third kappa shape index (κ3) is 5.57. The summed E-state index contributed by atoms with van der Waals surface area (Å²) in [5, 5.41) is 8.60. The van der Waals surface area contributed by atoms with Gasteiger partial charge in [-0.1, -0.05) is 6.08 Å². The van der Waals surface area contributed by atoms with Crippen molar-refractivity contribution in [1.82, 2.24) is 3.11 Å². The van der Waals surface area contributed by atoms with E-state index in [1.54, 1.807) is 22.9 Å². The first-order valence-corrected chi connectivity index (χ1v) is 5.98. The second-order valence-electron chi connectivity index (χ2n) is 2.17. The number of rotatable bonds is 3. The molecule has 12 heavy (non-hydrogen) atoms. The van der Waals surface area contributed by atoms with Gasteiger partial charge in [0, 0.05) is 6.04 Å². The molecule has 6 heteroatoms. The largest absolute Gasteiger partial charge is 0.464 e. The van der Waals surface area contributed by atoms with E-state index in [0.29, 0.717) is 0 Å². The molecule has 0 aliphatic rings. The van der Waals surface area contributed by atoms with E-state index in [0.717, 1.165) is 8.91 Å². The van der Waals surface area contributed by atoms with Crippen molar-refractivity contribution in [2.75, 3.05) is 0 Å². The maximum absolute atomic E-state index is 10.5. The van der Waals surface area contributed by atoms with Crippen LogP contribution in [0.4, 0.5) is 4.79 Å². The standard InChI is InChI=1S/C6H8BrI2NO2/c1-4(2-3-5(7)8)10(9)6(11)12/h3-4H,2H2,1H3,(H,11,12). The van der Waals surface area contributed by atoms with Crippen LogP contribution in [0.5, 0.6) is 0 Å². The first-order chi connectivity index (χ1) is 5.45. The highest BCUT2D eigenvalue weighted by molar-refractivity contribution is 14.1. The van der Waals surface area contributed by atoms with Crippen molar-refractivity contribution >= 4 is 67.5 Å². The van der Waals surface area contributed by atoms with Crippen LogP contribution in [0.25, 0.3) is 0 Å². The Morgan fingerprint density at radius 1 is 1.83 bits per heavy atom. The molecule has 0 aromatic heterocycles. The van der Waals surface area contributed by atoms with Crippen LogP contribution >= 0.6 is 61.4 Å². The zero-order valence-electron chi connectivity index (χ0n) is 6.30. The molecule has 0 heterocycles. The molecule has 1 amide bonds. The molecule has 0 aliphatic carbocycles. The molecule has 0 fully saturated rings. The summed E-state index contributed by atoms with van der Waals surface area (Å²) in [5.74, 6) is 0. The van der Waals surface area contributed by atoms with Gasteiger partial charge in [0.25, 0.3) is 0 Å². The molecule has 0 saturated heterocycles. The van der Waals surface area contributed by atoms with E-state index in [1.165, 1.54) is 3.11 Å². The summed E-state index contributed by atoms with van der Waals surface area (Å²) in [7, 11) is 0. The lowest BCUT2D eigenvalue weighted by Gasteiger charge is -2.17. The molecule has 0 radical (unpaired) electrons. The minimum atomic E-state index is -0.902. The molecule has 0 saturated carbocycles. The second kappa shape index (κ2) is 6.41. The number of nitrogens with zero attached hydrogens (tertiary/aromatic N) is 1. The van der Waals surface area contributed by atoms with Crippen molar-refractivity contribution in [2.45, 2.75) is 19.4 Å². The molecule has 0 spiro atoms. The van der Waals surface area contributed by atoms with Crippen LogP contribution in [0.1, 0.15) is 13.3 Å². The maximum Gasteiger partial charge on any atom is 0.416 e. The Balaban J connectivity index is 3.95. The van der Waals surface area contributed by atoms with E-state index < -0.39 is 6.09 Å². The van der Waals surface area contributed by atoms with Crippen LogP contribution in [-0.2, 0) is 0 Å². The summed E-state index contributed by atoms with van der Waals surface area (Å²) in [6, 6.07) is 0.00501. The normalized spacial score (nSPS) is 14.2. The summed E-state index contributed by atoms with van der Waals surface area (Å²) in [6.45, 7) is 1.86. The number of hydrogen-bond donors (Lipinski definition) is 1. The Morgan fingerprint density at radius 3 is 2.67 bits per heavy atom. The Morgan fingerprint density at radius 2 is 2.33 bits per heavy atom. The van der Waals surface area contributed by atoms with Gasteiger partial charge in [-0.05, 0) is 51.9 Å². The molecule has 1 N–H and O–H groups in total. The number of carbonyl (C=O) groups is 1. The summed E-state index contributed by atoms with van der Waals surface area (Å²) in [4.78, 5) is 10.5. The van der Waals surface area contributed by atoms with Gasteiger partial charge in [-0.2, -0.15) is 0 Å². The summed E-state index contributed by atoms with van der Waals surface area (Å²) < 4.78 is 2.27. The van der Waals surface area contributed by atoms with Crippen molar-refractivity contribution < 1.29 is 9.90 Å². The molecule has 0 aromatic carbocycles. The Kier molecular flexibility index (Phi) is 6.92. The first kappa shape index (κ1) is 12.9. The van der Waals surface area contributed by atoms with E-state index in [1.807, 2.05) is 13.0 Å². The molecule has 3 nitrogen and oxygen atoms in total. The molecule has 70 valence electrons. The number of hydrogen-bond acceptors (Lipinski definition) is 1. The van der Waals surface area contributed by atoms with Crippen molar-refractivity contribution in [2.24, 2.45) is 0 Å². The highest BCUT2D eigenvalue weighted by Crippen LogP contribution is 2.18. The van der Waals surface area contributed by atoms with Gasteiger partial charge in [0.1, 0.15) is 0 Å². The lowest BCUT2D eigenvalue weighted by molar-refractivity contribution is 0.172. The minimum Gasteiger partial charge on any atom is -0.464 e. The number of halogens is 3. The van der Waals surface area contributed by atoms with Crippen LogP contribution in [0.2, 0.25) is 0 Å². The van der Waals surface area contributed by atoms with Gasteiger partial charge >= 0.3 is 6.09 Å². The smallest absolute Gasteiger partial charge is 0.416 e. The highest BCUT2D eigenvalue weighted by atomic mass is 127. The number of carboxylic acid groups (broad SMARTS) is 1. The highest BCUT2D eigenvalue weighted by Gasteiger charge is 2.14. The fourth-order valence-electron chi connectivity index (χ4n) is 0.541. The van der Waals surface area contributed by atoms with Crippen LogP contribution in [0, 0.1) is 0 Å². The van der Waals surface area contributed by atoms with Crippen molar-refractivity contribution in [1.29, 1.82) is 0 Å². The molecular formula is C6H8BrI2NO2. The topological polar surface area (TPSA) is 40.5 Å². The average Bonchev–Trinajstić information content (AvgIpc) is 1.98. The van der Waals surface area contributed by atoms with Crippen molar-refractivity contribution in [3.63, 3.8) is 0 Å². The monoisotopic (exact) mass is 459 g/mol. The van der Waals surface area contributed by atoms with Crippen molar-refractivity contribution in [3.8, 4) is 0 Å². The zero-order valence-corrected chi connectivity index (χ0v) is 12.2. The van der Waals surface area contributed by atoms with Gasteiger partial charge in [-0.25, -0.2) is 7.91 Å². The van der Waals surface area contributed by atoms with Crippen LogP contribution in [0.3, 0.4) is 0 Å². The van der Waals surface area contributed by atoms with E-state index in [9.17, 15) is 4.79 Å². The van der Waals surface area contributed by atoms with E-state index in [-0.39, 0.29) is 6.04 Å². The van der Waals surface area contributed by atoms with Crippen LogP contribution in [-0.4, -0.2) is 20.4 Å². The third-order valence-corrected chi connectivity index (χ3v) is 3.31. The van der Waals surface area contributed by atoms with Gasteiger partial charge in [-0.15, -0.1) is 0 Å². The Hall–Kier alpha value is 0.950. The minimum absolute atomic E-state index is 0.00501. The fourth-order valence-corrected chi connectivity index (χ4v) is 1.21. The SMILES string of the molecule is CC(CC=C(Br)I)N(I)C(=O)O. The van der Waals surface area contributed by atoms with E-state index in [2.05, 4.69) is 38.5 Å². The Labute approximate surface area is 107 Å². The van der Waals surface area contributed by atoms with Gasteiger partial charge in [0.2, 0.25) is 0 Å². The molecule has 1 atom stereocenters. The lowest BCUT2D eigenvalue weighted by atomic mass is 10.2. The fraction of sp³-hybridized carbons (Fsp3) is 0.500. The van der Waals surface area contributed by atoms with Crippen LogP contribution in [0.15, 0.2) is 8.57 Å². The van der Waals surface area contributed by atoms with Crippen molar-refractivity contribution in [3.05, 3.63) is 8.57 Å². The first-order valence-electron chi connectivity index (χ1n) is 3.14.